The minimum absolute atomic E-state index is 0.0160. The minimum atomic E-state index is -0.0160. The lowest BCUT2D eigenvalue weighted by molar-refractivity contribution is 0.0962. The van der Waals surface area contributed by atoms with E-state index in [1.807, 2.05) is 42.5 Å². The van der Waals surface area contributed by atoms with Gasteiger partial charge in [-0.3, -0.25) is 4.79 Å². The van der Waals surface area contributed by atoms with E-state index < -0.39 is 0 Å². The molecule has 0 fully saturated rings. The second kappa shape index (κ2) is 7.71. The Bertz CT molecular complexity index is 1300. The summed E-state index contributed by atoms with van der Waals surface area (Å²) >= 11 is 6.03. The number of nitrogens with zero attached hydrogens (tertiary/aromatic N) is 3. The summed E-state index contributed by atoms with van der Waals surface area (Å²) in [6, 6.07) is 13.3. The predicted molar refractivity (Wildman–Crippen MR) is 118 cm³/mol. The first-order valence-corrected chi connectivity index (χ1v) is 10.3. The third kappa shape index (κ3) is 3.43. The van der Waals surface area contributed by atoms with E-state index in [9.17, 15) is 4.79 Å². The Kier molecular flexibility index (Phi) is 4.87. The highest BCUT2D eigenvalue weighted by molar-refractivity contribution is 6.30. The summed E-state index contributed by atoms with van der Waals surface area (Å²) < 4.78 is 12.5. The Hall–Kier alpha value is -3.38. The van der Waals surface area contributed by atoms with E-state index >= 15 is 0 Å². The second-order valence-corrected chi connectivity index (χ2v) is 8.01. The van der Waals surface area contributed by atoms with Gasteiger partial charge in [0.15, 0.2) is 11.4 Å². The molecule has 5 rings (SSSR count). The van der Waals surface area contributed by atoms with Crippen molar-refractivity contribution in [1.82, 2.24) is 14.6 Å². The van der Waals surface area contributed by atoms with Gasteiger partial charge in [-0.15, -0.1) is 0 Å². The number of hydrogen-bond acceptors (Lipinski definition) is 5. The minimum Gasteiger partial charge on any atom is -0.497 e. The van der Waals surface area contributed by atoms with E-state index in [1.54, 1.807) is 31.1 Å². The van der Waals surface area contributed by atoms with Crippen LogP contribution in [0.1, 0.15) is 34.0 Å². The number of rotatable bonds is 4. The Morgan fingerprint density at radius 1 is 1.03 bits per heavy atom. The molecular formula is C24H20ClN3O3. The van der Waals surface area contributed by atoms with E-state index in [0.29, 0.717) is 29.2 Å². The molecule has 0 radical (unpaired) electrons. The van der Waals surface area contributed by atoms with Crippen LogP contribution in [0.4, 0.5) is 0 Å². The van der Waals surface area contributed by atoms with E-state index in [4.69, 9.17) is 26.1 Å². The van der Waals surface area contributed by atoms with Gasteiger partial charge in [-0.25, -0.2) is 9.50 Å². The first kappa shape index (κ1) is 19.6. The van der Waals surface area contributed by atoms with Crippen molar-refractivity contribution in [3.8, 4) is 22.6 Å². The van der Waals surface area contributed by atoms with Gasteiger partial charge < -0.3 is 9.47 Å². The molecule has 1 unspecified atom stereocenters. The number of ketones is 1. The maximum atomic E-state index is 13.0. The first-order valence-electron chi connectivity index (χ1n) is 9.95. The molecule has 0 N–H and O–H groups in total. The number of aromatic nitrogens is 3. The van der Waals surface area contributed by atoms with Gasteiger partial charge in [0.1, 0.15) is 11.5 Å². The predicted octanol–water partition coefficient (Wildman–Crippen LogP) is 4.98. The molecule has 156 valence electrons. The number of hydrogen-bond donors (Lipinski definition) is 0. The van der Waals surface area contributed by atoms with Crippen LogP contribution in [-0.4, -0.2) is 34.6 Å². The van der Waals surface area contributed by atoms with Crippen LogP contribution in [0.2, 0.25) is 5.02 Å². The summed E-state index contributed by atoms with van der Waals surface area (Å²) in [7, 11) is 3.25. The third-order valence-electron chi connectivity index (χ3n) is 5.78. The summed E-state index contributed by atoms with van der Waals surface area (Å²) in [6.45, 7) is 0. The quantitative estimate of drug-likeness (QED) is 0.454. The van der Waals surface area contributed by atoms with Crippen LogP contribution in [0.3, 0.4) is 0 Å². The molecule has 0 saturated heterocycles. The van der Waals surface area contributed by atoms with Gasteiger partial charge in [-0.05, 0) is 35.7 Å². The van der Waals surface area contributed by atoms with Crippen molar-refractivity contribution in [3.63, 3.8) is 0 Å². The van der Waals surface area contributed by atoms with Crippen LogP contribution in [0, 0.1) is 0 Å². The number of ether oxygens (including phenoxy) is 2. The van der Waals surface area contributed by atoms with Gasteiger partial charge >= 0.3 is 0 Å². The molecule has 31 heavy (non-hydrogen) atoms. The Balaban J connectivity index is 1.57. The first-order chi connectivity index (χ1) is 15.1. The molecule has 7 heteroatoms. The molecule has 4 aromatic rings. The van der Waals surface area contributed by atoms with Crippen LogP contribution in [-0.2, 0) is 6.42 Å². The SMILES string of the molecule is COc1ccc(C2CC(=O)c3cn4ncc(-c5ccc(Cl)cc5)c4nc3C2)c(OC)c1. The fraction of sp³-hybridized carbons (Fsp3) is 0.208. The van der Waals surface area contributed by atoms with Crippen molar-refractivity contribution in [2.24, 2.45) is 0 Å². The molecule has 1 aliphatic carbocycles. The molecule has 0 aliphatic heterocycles. The molecule has 1 aliphatic rings. The average molecular weight is 434 g/mol. The Labute approximate surface area is 184 Å². The van der Waals surface area contributed by atoms with Crippen molar-refractivity contribution in [1.29, 1.82) is 0 Å². The monoisotopic (exact) mass is 433 g/mol. The zero-order valence-electron chi connectivity index (χ0n) is 17.1. The van der Waals surface area contributed by atoms with Gasteiger partial charge in [0.2, 0.25) is 0 Å². The van der Waals surface area contributed by atoms with Crippen LogP contribution in [0.25, 0.3) is 16.8 Å². The van der Waals surface area contributed by atoms with Crippen LogP contribution >= 0.6 is 11.6 Å². The Morgan fingerprint density at radius 3 is 2.58 bits per heavy atom. The number of benzene rings is 2. The molecule has 0 saturated carbocycles. The van der Waals surface area contributed by atoms with Crippen molar-refractivity contribution in [3.05, 3.63) is 76.7 Å². The number of fused-ring (bicyclic) bond motifs is 2. The highest BCUT2D eigenvalue weighted by Gasteiger charge is 2.30. The van der Waals surface area contributed by atoms with Crippen molar-refractivity contribution in [2.45, 2.75) is 18.8 Å². The maximum Gasteiger partial charge on any atom is 0.166 e. The summed E-state index contributed by atoms with van der Waals surface area (Å²) in [6.07, 6.45) is 4.60. The van der Waals surface area contributed by atoms with Gasteiger partial charge in [0, 0.05) is 35.2 Å². The van der Waals surface area contributed by atoms with Crippen LogP contribution in [0.15, 0.2) is 54.9 Å². The molecular weight excluding hydrogens is 414 g/mol. The summed E-state index contributed by atoms with van der Waals surface area (Å²) in [5.41, 5.74) is 4.98. The van der Waals surface area contributed by atoms with E-state index in [2.05, 4.69) is 5.10 Å². The molecule has 6 nitrogen and oxygen atoms in total. The summed E-state index contributed by atoms with van der Waals surface area (Å²) in [4.78, 5) is 17.9. The highest BCUT2D eigenvalue weighted by atomic mass is 35.5. The zero-order valence-corrected chi connectivity index (χ0v) is 17.9. The summed E-state index contributed by atoms with van der Waals surface area (Å²) in [5.74, 6) is 1.47. The molecule has 2 aromatic heterocycles. The lowest BCUT2D eigenvalue weighted by Gasteiger charge is -2.25. The van der Waals surface area contributed by atoms with Crippen LogP contribution < -0.4 is 9.47 Å². The van der Waals surface area contributed by atoms with Crippen LogP contribution in [0.5, 0.6) is 11.5 Å². The fourth-order valence-corrected chi connectivity index (χ4v) is 4.31. The molecule has 0 amide bonds. The lowest BCUT2D eigenvalue weighted by Crippen LogP contribution is -2.21. The summed E-state index contributed by atoms with van der Waals surface area (Å²) in [5, 5.41) is 5.09. The molecule has 0 bridgehead atoms. The van der Waals surface area contributed by atoms with Gasteiger partial charge in [-0.1, -0.05) is 29.8 Å². The topological polar surface area (TPSA) is 65.7 Å². The number of methoxy groups -OCH3 is 2. The normalized spacial score (nSPS) is 15.7. The zero-order chi connectivity index (χ0) is 21.5. The van der Waals surface area contributed by atoms with E-state index in [0.717, 1.165) is 33.8 Å². The van der Waals surface area contributed by atoms with Crippen molar-refractivity contribution >= 4 is 23.0 Å². The number of halogens is 1. The maximum absolute atomic E-state index is 13.0. The largest absolute Gasteiger partial charge is 0.497 e. The second-order valence-electron chi connectivity index (χ2n) is 7.57. The van der Waals surface area contributed by atoms with Gasteiger partial charge in [0.25, 0.3) is 0 Å². The fourth-order valence-electron chi connectivity index (χ4n) is 4.18. The smallest absolute Gasteiger partial charge is 0.166 e. The molecule has 2 heterocycles. The standard InChI is InChI=1S/C24H20ClN3O3/c1-30-17-7-8-18(23(11-17)31-2)15-9-21-20(22(29)10-15)13-28-24(27-21)19(12-26-28)14-3-5-16(25)6-4-14/h3-8,11-13,15H,9-10H2,1-2H3. The van der Waals surface area contributed by atoms with Gasteiger partial charge in [0.05, 0.1) is 31.7 Å². The highest BCUT2D eigenvalue weighted by Crippen LogP contribution is 2.38. The third-order valence-corrected chi connectivity index (χ3v) is 6.03. The van der Waals surface area contributed by atoms with Gasteiger partial charge in [-0.2, -0.15) is 5.10 Å². The van der Waals surface area contributed by atoms with E-state index in [1.165, 1.54) is 0 Å². The molecule has 2 aromatic carbocycles. The lowest BCUT2D eigenvalue weighted by atomic mass is 9.81. The number of carbonyl (C=O) groups is 1. The Morgan fingerprint density at radius 2 is 1.84 bits per heavy atom. The average Bonchev–Trinajstić information content (AvgIpc) is 3.20. The molecule has 1 atom stereocenters. The van der Waals surface area contributed by atoms with E-state index in [-0.39, 0.29) is 11.7 Å². The molecule has 0 spiro atoms. The number of Topliss-reactive ketones (excluding diaryl/α,β-unsaturated/α-hetero) is 1. The van der Waals surface area contributed by atoms with Crippen molar-refractivity contribution in [2.75, 3.05) is 14.2 Å². The number of carbonyl (C=O) groups excluding carboxylic acids is 1. The van der Waals surface area contributed by atoms with Crippen molar-refractivity contribution < 1.29 is 14.3 Å².